The molecule has 0 radical (unpaired) electrons. The fourth-order valence-corrected chi connectivity index (χ4v) is 1.56. The second-order valence-electron chi connectivity index (χ2n) is 3.45. The smallest absolute Gasteiger partial charge is 0.164 e. The molecular formula is C11H14O4. The Morgan fingerprint density at radius 1 is 1.13 bits per heavy atom. The summed E-state index contributed by atoms with van der Waals surface area (Å²) in [5.41, 5.74) is 0.682. The number of aromatic hydroxyl groups is 1. The number of hydrogen-bond donors (Lipinski definition) is 2. The molecule has 82 valence electrons. The van der Waals surface area contributed by atoms with Crippen molar-refractivity contribution in [3.05, 3.63) is 17.7 Å². The van der Waals surface area contributed by atoms with Gasteiger partial charge in [0.15, 0.2) is 11.5 Å². The van der Waals surface area contributed by atoms with Crippen LogP contribution in [0.25, 0.3) is 0 Å². The minimum atomic E-state index is 0.00715. The molecule has 1 heterocycles. The van der Waals surface area contributed by atoms with Gasteiger partial charge in [-0.05, 0) is 12.5 Å². The Balaban J connectivity index is 2.33. The van der Waals surface area contributed by atoms with E-state index in [0.29, 0.717) is 36.7 Å². The highest BCUT2D eigenvalue weighted by molar-refractivity contribution is 5.50. The Morgan fingerprint density at radius 2 is 1.80 bits per heavy atom. The maximum Gasteiger partial charge on any atom is 0.164 e. The van der Waals surface area contributed by atoms with Crippen LogP contribution in [0.15, 0.2) is 12.1 Å². The van der Waals surface area contributed by atoms with E-state index in [1.54, 1.807) is 12.1 Å². The van der Waals surface area contributed by atoms with Crippen molar-refractivity contribution in [3.63, 3.8) is 0 Å². The molecule has 0 fully saturated rings. The molecule has 0 saturated heterocycles. The highest BCUT2D eigenvalue weighted by Crippen LogP contribution is 2.35. The zero-order valence-electron chi connectivity index (χ0n) is 8.40. The first-order valence-electron chi connectivity index (χ1n) is 5.03. The van der Waals surface area contributed by atoms with E-state index < -0.39 is 0 Å². The second kappa shape index (κ2) is 4.40. The van der Waals surface area contributed by atoms with Gasteiger partial charge in [0.05, 0.1) is 13.2 Å². The molecule has 0 aliphatic carbocycles. The molecule has 1 aliphatic rings. The van der Waals surface area contributed by atoms with E-state index in [1.807, 2.05) is 0 Å². The van der Waals surface area contributed by atoms with E-state index in [4.69, 9.17) is 14.6 Å². The summed E-state index contributed by atoms with van der Waals surface area (Å²) in [6.07, 6.45) is 1.26. The monoisotopic (exact) mass is 210 g/mol. The molecule has 1 aromatic carbocycles. The predicted octanol–water partition coefficient (Wildman–Crippen LogP) is 1.09. The van der Waals surface area contributed by atoms with E-state index in [2.05, 4.69) is 0 Å². The average molecular weight is 210 g/mol. The van der Waals surface area contributed by atoms with Gasteiger partial charge in [0, 0.05) is 24.7 Å². The van der Waals surface area contributed by atoms with Gasteiger partial charge in [0.1, 0.15) is 5.75 Å². The molecule has 0 atom stereocenters. The van der Waals surface area contributed by atoms with Crippen molar-refractivity contribution in [2.75, 3.05) is 19.8 Å². The Labute approximate surface area is 88.1 Å². The summed E-state index contributed by atoms with van der Waals surface area (Å²) in [6.45, 7) is 1.23. The zero-order chi connectivity index (χ0) is 10.7. The number of rotatable bonds is 2. The highest BCUT2D eigenvalue weighted by Gasteiger charge is 2.13. The lowest BCUT2D eigenvalue weighted by molar-refractivity contribution is 0.295. The molecule has 0 spiro atoms. The Kier molecular flexibility index (Phi) is 2.97. The third-order valence-electron chi connectivity index (χ3n) is 2.33. The van der Waals surface area contributed by atoms with Crippen LogP contribution in [-0.2, 0) is 6.42 Å². The van der Waals surface area contributed by atoms with Crippen molar-refractivity contribution >= 4 is 0 Å². The van der Waals surface area contributed by atoms with Crippen LogP contribution in [0.2, 0.25) is 0 Å². The van der Waals surface area contributed by atoms with Crippen LogP contribution in [0.3, 0.4) is 0 Å². The Hall–Kier alpha value is -1.42. The van der Waals surface area contributed by atoms with Gasteiger partial charge < -0.3 is 19.7 Å². The third-order valence-corrected chi connectivity index (χ3v) is 2.33. The maximum absolute atomic E-state index is 9.64. The van der Waals surface area contributed by atoms with Crippen LogP contribution in [-0.4, -0.2) is 30.0 Å². The Morgan fingerprint density at radius 3 is 2.47 bits per heavy atom. The predicted molar refractivity (Wildman–Crippen MR) is 54.5 cm³/mol. The van der Waals surface area contributed by atoms with Crippen LogP contribution in [0.4, 0.5) is 0 Å². The second-order valence-corrected chi connectivity index (χ2v) is 3.45. The van der Waals surface area contributed by atoms with Gasteiger partial charge in [0.25, 0.3) is 0 Å². The van der Waals surface area contributed by atoms with Gasteiger partial charge in [-0.1, -0.05) is 0 Å². The summed E-state index contributed by atoms with van der Waals surface area (Å²) in [5.74, 6) is 1.37. The summed E-state index contributed by atoms with van der Waals surface area (Å²) in [7, 11) is 0. The van der Waals surface area contributed by atoms with E-state index in [9.17, 15) is 5.11 Å². The molecule has 0 bridgehead atoms. The molecule has 4 nitrogen and oxygen atoms in total. The molecule has 2 N–H and O–H groups in total. The van der Waals surface area contributed by atoms with Crippen molar-refractivity contribution < 1.29 is 19.7 Å². The van der Waals surface area contributed by atoms with Crippen molar-refractivity contribution in [1.29, 1.82) is 0 Å². The summed E-state index contributed by atoms with van der Waals surface area (Å²) in [4.78, 5) is 0. The first kappa shape index (κ1) is 10.1. The third kappa shape index (κ3) is 2.15. The maximum atomic E-state index is 9.64. The van der Waals surface area contributed by atoms with Gasteiger partial charge in [-0.3, -0.25) is 0 Å². The van der Waals surface area contributed by atoms with Crippen LogP contribution in [0.5, 0.6) is 17.2 Å². The van der Waals surface area contributed by atoms with Crippen LogP contribution < -0.4 is 9.47 Å². The first-order valence-corrected chi connectivity index (χ1v) is 5.03. The fourth-order valence-electron chi connectivity index (χ4n) is 1.56. The number of fused-ring (bicyclic) bond motifs is 1. The minimum absolute atomic E-state index is 0.00715. The van der Waals surface area contributed by atoms with Crippen LogP contribution >= 0.6 is 0 Å². The number of phenolic OH excluding ortho intramolecular Hbond substituents is 1. The average Bonchev–Trinajstić information content (AvgIpc) is 2.44. The van der Waals surface area contributed by atoms with Crippen molar-refractivity contribution in [2.24, 2.45) is 0 Å². The molecule has 0 amide bonds. The summed E-state index contributed by atoms with van der Waals surface area (Å²) in [5, 5.41) is 18.5. The van der Waals surface area contributed by atoms with E-state index >= 15 is 0 Å². The van der Waals surface area contributed by atoms with Crippen molar-refractivity contribution in [3.8, 4) is 17.2 Å². The van der Waals surface area contributed by atoms with Crippen LogP contribution in [0.1, 0.15) is 12.0 Å². The first-order chi connectivity index (χ1) is 7.31. The largest absolute Gasteiger partial charge is 0.508 e. The number of aliphatic hydroxyl groups excluding tert-OH is 1. The molecule has 1 aromatic rings. The molecule has 0 aromatic heterocycles. The summed E-state index contributed by atoms with van der Waals surface area (Å²) >= 11 is 0. The molecule has 4 heteroatoms. The van der Waals surface area contributed by atoms with Gasteiger partial charge in [-0.15, -0.1) is 0 Å². The lowest BCUT2D eigenvalue weighted by Crippen LogP contribution is -1.97. The molecule has 0 unspecified atom stereocenters. The number of phenols is 1. The van der Waals surface area contributed by atoms with E-state index in [-0.39, 0.29) is 12.4 Å². The molecule has 2 rings (SSSR count). The lowest BCUT2D eigenvalue weighted by atomic mass is 10.1. The number of benzene rings is 1. The molecule has 0 saturated carbocycles. The molecule has 15 heavy (non-hydrogen) atoms. The summed E-state index contributed by atoms with van der Waals surface area (Å²) < 4.78 is 10.9. The standard InChI is InChI=1S/C11H14O4/c12-3-2-8-6-10-11(7-9(8)13)15-5-1-4-14-10/h6-7,12-13H,1-5H2. The minimum Gasteiger partial charge on any atom is -0.508 e. The van der Waals surface area contributed by atoms with Crippen molar-refractivity contribution in [2.45, 2.75) is 12.8 Å². The quantitative estimate of drug-likeness (QED) is 0.767. The van der Waals surface area contributed by atoms with E-state index in [0.717, 1.165) is 6.42 Å². The van der Waals surface area contributed by atoms with Crippen LogP contribution in [0, 0.1) is 0 Å². The molecular weight excluding hydrogens is 196 g/mol. The number of ether oxygens (including phenoxy) is 2. The summed E-state index contributed by atoms with van der Waals surface area (Å²) in [6, 6.07) is 3.28. The number of hydrogen-bond acceptors (Lipinski definition) is 4. The van der Waals surface area contributed by atoms with Gasteiger partial charge >= 0.3 is 0 Å². The highest BCUT2D eigenvalue weighted by atomic mass is 16.5. The topological polar surface area (TPSA) is 58.9 Å². The van der Waals surface area contributed by atoms with Gasteiger partial charge in [-0.2, -0.15) is 0 Å². The Bertz CT molecular complexity index is 349. The zero-order valence-corrected chi connectivity index (χ0v) is 8.40. The molecule has 1 aliphatic heterocycles. The SMILES string of the molecule is OCCc1cc2c(cc1O)OCCCO2. The van der Waals surface area contributed by atoms with Gasteiger partial charge in [-0.25, -0.2) is 0 Å². The van der Waals surface area contributed by atoms with Gasteiger partial charge in [0.2, 0.25) is 0 Å². The number of aliphatic hydroxyl groups is 1. The van der Waals surface area contributed by atoms with E-state index in [1.165, 1.54) is 0 Å². The lowest BCUT2D eigenvalue weighted by Gasteiger charge is -2.10. The fraction of sp³-hybridized carbons (Fsp3) is 0.455. The van der Waals surface area contributed by atoms with Crippen molar-refractivity contribution in [1.82, 2.24) is 0 Å². The normalized spacial score (nSPS) is 14.7.